The first-order valence-electron chi connectivity index (χ1n) is 28.4. The quantitative estimate of drug-likeness (QED) is 0.0243. The highest BCUT2D eigenvalue weighted by Gasteiger charge is 2.27. The van der Waals surface area contributed by atoms with Crippen LogP contribution in [-0.2, 0) is 18.4 Å². The maximum Gasteiger partial charge on any atom is 0.472 e. The molecule has 8 nitrogen and oxygen atoms in total. The number of aliphatic hydroxyl groups excluding tert-OH is 1. The van der Waals surface area contributed by atoms with Gasteiger partial charge in [-0.1, -0.05) is 243 Å². The number of carbonyl (C=O) groups excluding carboxylic acids is 1. The summed E-state index contributed by atoms with van der Waals surface area (Å²) in [5.41, 5.74) is 0. The van der Waals surface area contributed by atoms with Crippen molar-refractivity contribution in [2.75, 3.05) is 40.9 Å². The Kier molecular flexibility index (Phi) is 47.8. The van der Waals surface area contributed by atoms with E-state index in [1.807, 2.05) is 27.2 Å². The number of amides is 1. The van der Waals surface area contributed by atoms with Crippen LogP contribution in [0.2, 0.25) is 0 Å². The third-order valence-electron chi connectivity index (χ3n) is 12.8. The molecule has 0 aromatic heterocycles. The second-order valence-corrected chi connectivity index (χ2v) is 22.1. The van der Waals surface area contributed by atoms with Gasteiger partial charge >= 0.3 is 7.82 Å². The predicted octanol–water partition coefficient (Wildman–Crippen LogP) is 17.0. The smallest absolute Gasteiger partial charge is 0.387 e. The zero-order valence-corrected chi connectivity index (χ0v) is 45.3. The van der Waals surface area contributed by atoms with E-state index in [1.165, 1.54) is 212 Å². The molecule has 0 heterocycles. The first kappa shape index (κ1) is 64.7. The van der Waals surface area contributed by atoms with E-state index >= 15 is 0 Å². The molecule has 1 amide bonds. The molecule has 0 bridgehead atoms. The topological polar surface area (TPSA) is 105 Å². The first-order chi connectivity index (χ1) is 32.0. The Balaban J connectivity index is 4.23. The molecule has 0 fully saturated rings. The Labute approximate surface area is 410 Å². The molecule has 0 radical (unpaired) electrons. The Morgan fingerprint density at radius 3 is 1.21 bits per heavy atom. The molecule has 0 aromatic rings. The van der Waals surface area contributed by atoms with Crippen LogP contribution in [0, 0.1) is 0 Å². The van der Waals surface area contributed by atoms with Crippen molar-refractivity contribution in [2.24, 2.45) is 0 Å². The van der Waals surface area contributed by atoms with Gasteiger partial charge in [-0.3, -0.25) is 13.8 Å². The number of phosphoric ester groups is 1. The molecule has 3 atom stereocenters. The van der Waals surface area contributed by atoms with Gasteiger partial charge in [0.2, 0.25) is 5.91 Å². The van der Waals surface area contributed by atoms with Crippen molar-refractivity contribution in [3.8, 4) is 0 Å². The average Bonchev–Trinajstić information content (AvgIpc) is 3.28. The molecule has 9 heteroatoms. The lowest BCUT2D eigenvalue weighted by molar-refractivity contribution is -0.870. The molecule has 0 aromatic carbocycles. The van der Waals surface area contributed by atoms with Crippen LogP contribution in [0.15, 0.2) is 36.5 Å². The zero-order chi connectivity index (χ0) is 48.5. The number of aliphatic hydroxyl groups is 1. The number of rotatable bonds is 52. The normalized spacial score (nSPS) is 14.2. The minimum atomic E-state index is -4.35. The fourth-order valence-electron chi connectivity index (χ4n) is 8.35. The number of nitrogens with one attached hydrogen (secondary N) is 1. The molecule has 0 aliphatic rings. The highest BCUT2D eigenvalue weighted by atomic mass is 31.2. The second kappa shape index (κ2) is 48.7. The molecule has 0 aliphatic carbocycles. The summed E-state index contributed by atoms with van der Waals surface area (Å²) in [5, 5.41) is 13.9. The lowest BCUT2D eigenvalue weighted by Crippen LogP contribution is -2.45. The van der Waals surface area contributed by atoms with Gasteiger partial charge in [-0.25, -0.2) is 4.57 Å². The van der Waals surface area contributed by atoms with Crippen molar-refractivity contribution in [1.82, 2.24) is 5.32 Å². The van der Waals surface area contributed by atoms with Crippen LogP contribution >= 0.6 is 7.82 Å². The van der Waals surface area contributed by atoms with Gasteiger partial charge in [0.15, 0.2) is 0 Å². The number of allylic oxidation sites excluding steroid dienone is 5. The van der Waals surface area contributed by atoms with Crippen LogP contribution in [-0.4, -0.2) is 73.4 Å². The highest BCUT2D eigenvalue weighted by molar-refractivity contribution is 7.47. The van der Waals surface area contributed by atoms with E-state index in [2.05, 4.69) is 43.5 Å². The largest absolute Gasteiger partial charge is 0.472 e. The number of hydrogen-bond acceptors (Lipinski definition) is 5. The predicted molar refractivity (Wildman–Crippen MR) is 286 cm³/mol. The van der Waals surface area contributed by atoms with E-state index in [1.54, 1.807) is 6.08 Å². The highest BCUT2D eigenvalue weighted by Crippen LogP contribution is 2.43. The molecular formula is C57H112N2O6P+. The summed E-state index contributed by atoms with van der Waals surface area (Å²) in [6, 6.07) is -0.862. The molecule has 66 heavy (non-hydrogen) atoms. The van der Waals surface area contributed by atoms with Crippen molar-refractivity contribution in [3.05, 3.63) is 36.5 Å². The number of likely N-dealkylation sites (N-methyl/N-ethyl adjacent to an activating group) is 1. The van der Waals surface area contributed by atoms with Crippen LogP contribution in [0.5, 0.6) is 0 Å². The number of carbonyl (C=O) groups is 1. The number of phosphoric acid groups is 1. The van der Waals surface area contributed by atoms with Crippen LogP contribution in [0.1, 0.15) is 271 Å². The van der Waals surface area contributed by atoms with E-state index in [0.29, 0.717) is 17.4 Å². The summed E-state index contributed by atoms with van der Waals surface area (Å²) in [6.07, 6.45) is 62.4. The van der Waals surface area contributed by atoms with Gasteiger partial charge < -0.3 is 19.8 Å². The first-order valence-corrected chi connectivity index (χ1v) is 29.9. The Morgan fingerprint density at radius 1 is 0.500 bits per heavy atom. The molecular weight excluding hydrogens is 840 g/mol. The monoisotopic (exact) mass is 952 g/mol. The van der Waals surface area contributed by atoms with E-state index in [0.717, 1.165) is 38.5 Å². The maximum absolute atomic E-state index is 13.0. The van der Waals surface area contributed by atoms with Crippen LogP contribution in [0.4, 0.5) is 0 Å². The molecule has 390 valence electrons. The third-order valence-corrected chi connectivity index (χ3v) is 13.8. The van der Waals surface area contributed by atoms with Crippen molar-refractivity contribution < 1.29 is 32.9 Å². The van der Waals surface area contributed by atoms with E-state index in [9.17, 15) is 19.4 Å². The van der Waals surface area contributed by atoms with Gasteiger partial charge in [-0.05, 0) is 57.8 Å². The lowest BCUT2D eigenvalue weighted by atomic mass is 10.0. The van der Waals surface area contributed by atoms with Crippen molar-refractivity contribution in [3.63, 3.8) is 0 Å². The van der Waals surface area contributed by atoms with E-state index in [-0.39, 0.29) is 19.1 Å². The van der Waals surface area contributed by atoms with Crippen LogP contribution in [0.25, 0.3) is 0 Å². The standard InChI is InChI=1S/C57H111N2O6P/c1-6-8-10-12-14-16-18-20-22-24-26-27-28-29-30-31-33-35-37-39-41-43-45-47-49-51-57(61)58-55(54-65-66(62,63)64-53-52-59(3,4)5)56(60)50-48-46-44-42-40-38-36-34-32-25-23-21-19-17-15-13-11-9-7-2/h24,26,40,42,48,50,55-56,60H,6-23,25,27-39,41,43-47,49,51-54H2,1-5H3,(H-,58,61,62,63)/p+1/b26-24-,42-40+,50-48+. The SMILES string of the molecule is CCCCCCCCCC/C=C\CCCCCCCCCCCCCCCC(=O)NC(COP(=O)(O)OCC[N+](C)(C)C)C(O)/C=C/CC/C=C/CCCCCCCCCCCCCCC. The van der Waals surface area contributed by atoms with Crippen LogP contribution < -0.4 is 5.32 Å². The number of quaternary nitrogens is 1. The minimum Gasteiger partial charge on any atom is -0.387 e. The van der Waals surface area contributed by atoms with Crippen molar-refractivity contribution in [1.29, 1.82) is 0 Å². The second-order valence-electron chi connectivity index (χ2n) is 20.7. The number of nitrogens with zero attached hydrogens (tertiary/aromatic N) is 1. The lowest BCUT2D eigenvalue weighted by Gasteiger charge is -2.25. The summed E-state index contributed by atoms with van der Waals surface area (Å²) in [6.45, 7) is 4.82. The Morgan fingerprint density at radius 2 is 0.833 bits per heavy atom. The average molecular weight is 953 g/mol. The molecule has 0 saturated carbocycles. The van der Waals surface area contributed by atoms with Gasteiger partial charge in [0.1, 0.15) is 13.2 Å². The third kappa shape index (κ3) is 50.6. The summed E-state index contributed by atoms with van der Waals surface area (Å²) < 4.78 is 23.7. The van der Waals surface area contributed by atoms with Gasteiger partial charge in [0.05, 0.1) is 39.9 Å². The summed E-state index contributed by atoms with van der Waals surface area (Å²) in [4.78, 5) is 23.3. The molecule has 3 unspecified atom stereocenters. The minimum absolute atomic E-state index is 0.0571. The van der Waals surface area contributed by atoms with Crippen LogP contribution in [0.3, 0.4) is 0 Å². The van der Waals surface area contributed by atoms with Gasteiger partial charge in [0, 0.05) is 6.42 Å². The number of hydrogen-bond donors (Lipinski definition) is 3. The summed E-state index contributed by atoms with van der Waals surface area (Å²) in [5.74, 6) is -0.184. The van der Waals surface area contributed by atoms with Gasteiger partial charge in [-0.15, -0.1) is 0 Å². The maximum atomic E-state index is 13.0. The van der Waals surface area contributed by atoms with E-state index in [4.69, 9.17) is 9.05 Å². The summed E-state index contributed by atoms with van der Waals surface area (Å²) >= 11 is 0. The zero-order valence-electron chi connectivity index (χ0n) is 44.4. The van der Waals surface area contributed by atoms with Gasteiger partial charge in [0.25, 0.3) is 0 Å². The molecule has 0 aliphatic heterocycles. The summed E-state index contributed by atoms with van der Waals surface area (Å²) in [7, 11) is 1.56. The Hall–Kier alpha value is -1.28. The molecule has 0 saturated heterocycles. The molecule has 3 N–H and O–H groups in total. The van der Waals surface area contributed by atoms with Crippen molar-refractivity contribution >= 4 is 13.7 Å². The van der Waals surface area contributed by atoms with Gasteiger partial charge in [-0.2, -0.15) is 0 Å². The van der Waals surface area contributed by atoms with Crippen molar-refractivity contribution in [2.45, 2.75) is 283 Å². The fourth-order valence-corrected chi connectivity index (χ4v) is 9.08. The number of unbranched alkanes of at least 4 members (excludes halogenated alkanes) is 35. The molecule has 0 spiro atoms. The van der Waals surface area contributed by atoms with E-state index < -0.39 is 20.0 Å². The molecule has 0 rings (SSSR count). The fraction of sp³-hybridized carbons (Fsp3) is 0.877. The Bertz CT molecular complexity index is 1170.